The van der Waals surface area contributed by atoms with Crippen molar-refractivity contribution >= 4 is 23.1 Å². The summed E-state index contributed by atoms with van der Waals surface area (Å²) in [4.78, 5) is 2.47. The maximum Gasteiger partial charge on any atom is 0.127 e. The molecule has 1 spiro atoms. The van der Waals surface area contributed by atoms with Crippen LogP contribution in [0.25, 0.3) is 0 Å². The summed E-state index contributed by atoms with van der Waals surface area (Å²) in [7, 11) is 0. The maximum absolute atomic E-state index is 9.14. The Bertz CT molecular complexity index is 780. The average molecular weight is 370 g/mol. The number of hydrogen-bond donors (Lipinski definition) is 1. The van der Waals surface area contributed by atoms with Crippen molar-refractivity contribution in [2.24, 2.45) is 16.4 Å². The fraction of sp³-hybridized carbons (Fsp3) is 0.600. The van der Waals surface area contributed by atoms with Gasteiger partial charge in [0.2, 0.25) is 0 Å². The van der Waals surface area contributed by atoms with Gasteiger partial charge in [-0.05, 0) is 37.0 Å². The van der Waals surface area contributed by atoms with Gasteiger partial charge in [0.25, 0.3) is 0 Å². The van der Waals surface area contributed by atoms with Crippen LogP contribution in [0.15, 0.2) is 23.3 Å². The number of hydrogen-bond acceptors (Lipinski definition) is 5. The molecule has 1 atom stereocenters. The number of amidine groups is 1. The molecule has 1 aromatic carbocycles. The fourth-order valence-electron chi connectivity index (χ4n) is 5.05. The van der Waals surface area contributed by atoms with Crippen LogP contribution in [-0.2, 0) is 0 Å². The highest BCUT2D eigenvalue weighted by Gasteiger charge is 2.50. The quantitative estimate of drug-likeness (QED) is 0.869. The SMILES string of the molecule is N#Cc1ccc(N2N=C(N3CC4(CNC4)C3)CC2C2CCCC2)cc1Cl. The number of benzene rings is 1. The van der Waals surface area contributed by atoms with E-state index in [2.05, 4.69) is 21.3 Å². The van der Waals surface area contributed by atoms with Crippen LogP contribution >= 0.6 is 11.6 Å². The van der Waals surface area contributed by atoms with Crippen molar-refractivity contribution in [1.82, 2.24) is 10.2 Å². The zero-order valence-electron chi connectivity index (χ0n) is 14.9. The van der Waals surface area contributed by atoms with Gasteiger partial charge in [-0.25, -0.2) is 0 Å². The minimum absolute atomic E-state index is 0.424. The molecule has 136 valence electrons. The molecule has 3 heterocycles. The molecule has 3 aliphatic heterocycles. The predicted molar refractivity (Wildman–Crippen MR) is 103 cm³/mol. The van der Waals surface area contributed by atoms with Crippen molar-refractivity contribution in [2.45, 2.75) is 38.1 Å². The van der Waals surface area contributed by atoms with E-state index in [1.807, 2.05) is 18.2 Å². The van der Waals surface area contributed by atoms with Crippen LogP contribution in [0.3, 0.4) is 0 Å². The standard InChI is InChI=1S/C20H24ClN5/c21-17-7-16(6-5-15(17)9-22)26-18(14-3-1-2-4-14)8-19(24-26)25-12-20(13-25)10-23-11-20/h5-7,14,18,23H,1-4,8,10-13H2. The Hall–Kier alpha value is -1.77. The molecule has 0 amide bonds. The van der Waals surface area contributed by atoms with Gasteiger partial charge in [-0.1, -0.05) is 24.4 Å². The van der Waals surface area contributed by atoms with Gasteiger partial charge in [0.05, 0.1) is 22.3 Å². The first-order valence-electron chi connectivity index (χ1n) is 9.70. The molecular weight excluding hydrogens is 346 g/mol. The number of anilines is 1. The number of hydrazone groups is 1. The highest BCUT2D eigenvalue weighted by molar-refractivity contribution is 6.32. The van der Waals surface area contributed by atoms with E-state index in [0.717, 1.165) is 38.3 Å². The summed E-state index contributed by atoms with van der Waals surface area (Å²) in [5, 5.41) is 20.3. The Morgan fingerprint density at radius 1 is 1.23 bits per heavy atom. The molecule has 26 heavy (non-hydrogen) atoms. The lowest BCUT2D eigenvalue weighted by molar-refractivity contribution is 0.00595. The number of nitriles is 1. The largest absolute Gasteiger partial charge is 0.357 e. The van der Waals surface area contributed by atoms with Crippen LogP contribution in [0.1, 0.15) is 37.7 Å². The molecule has 0 bridgehead atoms. The normalized spacial score (nSPS) is 27.2. The van der Waals surface area contributed by atoms with E-state index in [4.69, 9.17) is 22.0 Å². The lowest BCUT2D eigenvalue weighted by Crippen LogP contribution is -2.71. The van der Waals surface area contributed by atoms with Crippen molar-refractivity contribution < 1.29 is 0 Å². The van der Waals surface area contributed by atoms with Crippen LogP contribution in [0.5, 0.6) is 0 Å². The van der Waals surface area contributed by atoms with E-state index in [9.17, 15) is 0 Å². The molecule has 6 heteroatoms. The number of nitrogens with zero attached hydrogens (tertiary/aromatic N) is 4. The van der Waals surface area contributed by atoms with Crippen molar-refractivity contribution in [3.8, 4) is 6.07 Å². The monoisotopic (exact) mass is 369 g/mol. The Balaban J connectivity index is 1.41. The van der Waals surface area contributed by atoms with E-state index in [-0.39, 0.29) is 0 Å². The van der Waals surface area contributed by atoms with Crippen LogP contribution < -0.4 is 10.3 Å². The van der Waals surface area contributed by atoms with Gasteiger partial charge >= 0.3 is 0 Å². The van der Waals surface area contributed by atoms with E-state index >= 15 is 0 Å². The van der Waals surface area contributed by atoms with Gasteiger partial charge in [0, 0.05) is 38.0 Å². The van der Waals surface area contributed by atoms with E-state index in [1.54, 1.807) is 0 Å². The van der Waals surface area contributed by atoms with Crippen LogP contribution in [0.4, 0.5) is 5.69 Å². The molecule has 0 radical (unpaired) electrons. The first-order valence-corrected chi connectivity index (χ1v) is 10.1. The van der Waals surface area contributed by atoms with Crippen LogP contribution in [0.2, 0.25) is 5.02 Å². The highest BCUT2D eigenvalue weighted by atomic mass is 35.5. The Morgan fingerprint density at radius 3 is 2.62 bits per heavy atom. The molecule has 3 fully saturated rings. The van der Waals surface area contributed by atoms with Crippen LogP contribution in [-0.4, -0.2) is 43.0 Å². The summed E-state index contributed by atoms with van der Waals surface area (Å²) < 4.78 is 0. The van der Waals surface area contributed by atoms with Gasteiger partial charge in [-0.3, -0.25) is 5.01 Å². The van der Waals surface area contributed by atoms with Crippen LogP contribution in [0, 0.1) is 22.7 Å². The summed E-state index contributed by atoms with van der Waals surface area (Å²) in [5.41, 5.74) is 2.05. The molecule has 4 aliphatic rings. The van der Waals surface area contributed by atoms with Gasteiger partial charge in [0.15, 0.2) is 0 Å². The Kier molecular flexibility index (Phi) is 3.88. The third-order valence-corrected chi connectivity index (χ3v) is 6.94. The topological polar surface area (TPSA) is 54.7 Å². The second-order valence-electron chi connectivity index (χ2n) is 8.41. The third kappa shape index (κ3) is 2.59. The minimum atomic E-state index is 0.424. The summed E-state index contributed by atoms with van der Waals surface area (Å²) in [5.74, 6) is 1.94. The first-order chi connectivity index (χ1) is 12.7. The zero-order chi connectivity index (χ0) is 17.7. The smallest absolute Gasteiger partial charge is 0.127 e. The molecule has 1 N–H and O–H groups in total. The first kappa shape index (κ1) is 16.4. The predicted octanol–water partition coefficient (Wildman–Crippen LogP) is 3.20. The van der Waals surface area contributed by atoms with Crippen molar-refractivity contribution in [2.75, 3.05) is 31.2 Å². The molecule has 0 aromatic heterocycles. The third-order valence-electron chi connectivity index (χ3n) is 6.63. The summed E-state index contributed by atoms with van der Waals surface area (Å²) >= 11 is 6.30. The lowest BCUT2D eigenvalue weighted by atomic mass is 9.74. The molecular formula is C20H24ClN5. The highest BCUT2D eigenvalue weighted by Crippen LogP contribution is 2.41. The molecule has 5 rings (SSSR count). The summed E-state index contributed by atoms with van der Waals surface area (Å²) in [6.07, 6.45) is 6.28. The second-order valence-corrected chi connectivity index (χ2v) is 8.82. The number of halogens is 1. The van der Waals surface area contributed by atoms with Crippen molar-refractivity contribution in [3.63, 3.8) is 0 Å². The lowest BCUT2D eigenvalue weighted by Gasteiger charge is -2.56. The number of likely N-dealkylation sites (tertiary alicyclic amines) is 1. The number of rotatable bonds is 2. The molecule has 5 nitrogen and oxygen atoms in total. The molecule has 1 saturated carbocycles. The Morgan fingerprint density at radius 2 is 2.00 bits per heavy atom. The van der Waals surface area contributed by atoms with Gasteiger partial charge in [-0.15, -0.1) is 0 Å². The molecule has 1 aromatic rings. The van der Waals surface area contributed by atoms with Crippen molar-refractivity contribution in [1.29, 1.82) is 5.26 Å². The Labute approximate surface area is 159 Å². The second kappa shape index (κ2) is 6.14. The minimum Gasteiger partial charge on any atom is -0.357 e. The summed E-state index contributed by atoms with van der Waals surface area (Å²) in [6.45, 7) is 4.58. The van der Waals surface area contributed by atoms with E-state index < -0.39 is 0 Å². The number of nitrogens with one attached hydrogen (secondary N) is 1. The molecule has 2 saturated heterocycles. The fourth-order valence-corrected chi connectivity index (χ4v) is 5.27. The van der Waals surface area contributed by atoms with Gasteiger partial charge in [0.1, 0.15) is 11.9 Å². The maximum atomic E-state index is 9.14. The molecule has 1 unspecified atom stereocenters. The average Bonchev–Trinajstić information content (AvgIpc) is 3.21. The van der Waals surface area contributed by atoms with Crippen molar-refractivity contribution in [3.05, 3.63) is 28.8 Å². The van der Waals surface area contributed by atoms with E-state index in [0.29, 0.717) is 28.0 Å². The van der Waals surface area contributed by atoms with Gasteiger partial charge in [-0.2, -0.15) is 10.4 Å². The molecule has 1 aliphatic carbocycles. The van der Waals surface area contributed by atoms with E-state index in [1.165, 1.54) is 31.5 Å². The summed E-state index contributed by atoms with van der Waals surface area (Å²) in [6, 6.07) is 8.28. The van der Waals surface area contributed by atoms with Gasteiger partial charge < -0.3 is 10.2 Å². The zero-order valence-corrected chi connectivity index (χ0v) is 15.7.